The van der Waals surface area contributed by atoms with E-state index in [0.717, 1.165) is 41.9 Å². The Morgan fingerprint density at radius 3 is 2.69 bits per heavy atom. The molecule has 0 aliphatic carbocycles. The minimum absolute atomic E-state index is 0.0175. The Hall–Kier alpha value is -2.59. The molecule has 0 saturated heterocycles. The molecule has 2 aromatic rings. The predicted molar refractivity (Wildman–Crippen MR) is 100 cm³/mol. The molecule has 0 spiro atoms. The molecular formula is C22H23NO3. The maximum absolute atomic E-state index is 12.8. The molecule has 2 aliphatic rings. The minimum atomic E-state index is -0.181. The van der Waals surface area contributed by atoms with Gasteiger partial charge < -0.3 is 14.8 Å². The third-order valence-electron chi connectivity index (χ3n) is 4.93. The Labute approximate surface area is 153 Å². The maximum Gasteiger partial charge on any atom is 0.247 e. The van der Waals surface area contributed by atoms with E-state index in [-0.39, 0.29) is 11.9 Å². The monoisotopic (exact) mass is 349 g/mol. The van der Waals surface area contributed by atoms with Gasteiger partial charge in [-0.2, -0.15) is 0 Å². The van der Waals surface area contributed by atoms with Crippen molar-refractivity contribution >= 4 is 5.91 Å². The lowest BCUT2D eigenvalue weighted by Gasteiger charge is -2.24. The summed E-state index contributed by atoms with van der Waals surface area (Å²) in [4.78, 5) is 12.8. The van der Waals surface area contributed by atoms with E-state index >= 15 is 0 Å². The van der Waals surface area contributed by atoms with E-state index < -0.39 is 0 Å². The summed E-state index contributed by atoms with van der Waals surface area (Å²) < 4.78 is 11.0. The molecule has 1 amide bonds. The molecule has 0 bridgehead atoms. The highest BCUT2D eigenvalue weighted by Crippen LogP contribution is 2.30. The highest BCUT2D eigenvalue weighted by molar-refractivity contribution is 5.94. The van der Waals surface area contributed by atoms with Crippen LogP contribution in [-0.2, 0) is 16.0 Å². The molecule has 4 nitrogen and oxygen atoms in total. The summed E-state index contributed by atoms with van der Waals surface area (Å²) in [6.07, 6.45) is 4.58. The fourth-order valence-corrected chi connectivity index (χ4v) is 3.52. The van der Waals surface area contributed by atoms with Crippen molar-refractivity contribution in [1.82, 2.24) is 5.32 Å². The molecule has 4 heteroatoms. The van der Waals surface area contributed by atoms with Crippen LogP contribution in [0.5, 0.6) is 5.75 Å². The summed E-state index contributed by atoms with van der Waals surface area (Å²) >= 11 is 0. The molecule has 0 radical (unpaired) electrons. The van der Waals surface area contributed by atoms with Crippen molar-refractivity contribution in [3.63, 3.8) is 0 Å². The molecule has 0 unspecified atom stereocenters. The van der Waals surface area contributed by atoms with Crippen molar-refractivity contribution in [3.05, 3.63) is 76.9 Å². The van der Waals surface area contributed by atoms with Crippen LogP contribution in [0.4, 0.5) is 0 Å². The lowest BCUT2D eigenvalue weighted by Crippen LogP contribution is -2.32. The topological polar surface area (TPSA) is 47.6 Å². The van der Waals surface area contributed by atoms with E-state index in [4.69, 9.17) is 9.47 Å². The Morgan fingerprint density at radius 2 is 1.88 bits per heavy atom. The summed E-state index contributed by atoms with van der Waals surface area (Å²) in [7, 11) is 0. The van der Waals surface area contributed by atoms with Crippen LogP contribution in [0, 0.1) is 0 Å². The van der Waals surface area contributed by atoms with Gasteiger partial charge in [0.15, 0.2) is 0 Å². The molecular weight excluding hydrogens is 326 g/mol. The number of aryl methyl sites for hydroxylation is 1. The van der Waals surface area contributed by atoms with E-state index in [1.54, 1.807) is 0 Å². The third-order valence-corrected chi connectivity index (χ3v) is 4.93. The van der Waals surface area contributed by atoms with Crippen LogP contribution in [0.3, 0.4) is 0 Å². The average molecular weight is 349 g/mol. The fourth-order valence-electron chi connectivity index (χ4n) is 3.52. The molecule has 1 N–H and O–H groups in total. The van der Waals surface area contributed by atoms with Crippen molar-refractivity contribution in [2.45, 2.75) is 25.3 Å². The van der Waals surface area contributed by atoms with E-state index in [2.05, 4.69) is 29.6 Å². The highest BCUT2D eigenvalue weighted by Gasteiger charge is 2.22. The van der Waals surface area contributed by atoms with Gasteiger partial charge >= 0.3 is 0 Å². The third kappa shape index (κ3) is 3.65. The number of carbonyl (C=O) groups excluding carboxylic acids is 1. The van der Waals surface area contributed by atoms with Crippen molar-refractivity contribution in [1.29, 1.82) is 0 Å². The summed E-state index contributed by atoms with van der Waals surface area (Å²) in [6.45, 7) is 1.89. The fraction of sp³-hybridized carbons (Fsp3) is 0.318. The van der Waals surface area contributed by atoms with E-state index in [1.165, 1.54) is 5.56 Å². The molecule has 0 saturated carbocycles. The second kappa shape index (κ2) is 7.75. The second-order valence-corrected chi connectivity index (χ2v) is 6.69. The second-order valence-electron chi connectivity index (χ2n) is 6.69. The number of amides is 1. The van der Waals surface area contributed by atoms with Crippen LogP contribution in [-0.4, -0.2) is 25.7 Å². The van der Waals surface area contributed by atoms with Crippen LogP contribution in [0.25, 0.3) is 0 Å². The smallest absolute Gasteiger partial charge is 0.247 e. The van der Waals surface area contributed by atoms with E-state index in [1.807, 2.05) is 30.3 Å². The molecule has 26 heavy (non-hydrogen) atoms. The van der Waals surface area contributed by atoms with Crippen LogP contribution in [0.15, 0.2) is 60.2 Å². The van der Waals surface area contributed by atoms with Gasteiger partial charge in [-0.05, 0) is 41.7 Å². The largest absolute Gasteiger partial charge is 0.493 e. The SMILES string of the molecule is O=C(N[C@H](c1ccccc1)c1ccc2c(c1)CCCO2)C1=CCOCC1. The number of fused-ring (bicyclic) bond motifs is 1. The van der Waals surface area contributed by atoms with Gasteiger partial charge in [0.2, 0.25) is 5.91 Å². The van der Waals surface area contributed by atoms with E-state index in [9.17, 15) is 4.79 Å². The maximum atomic E-state index is 12.8. The molecule has 2 aliphatic heterocycles. The zero-order valence-corrected chi connectivity index (χ0v) is 14.7. The number of rotatable bonds is 4. The number of nitrogens with one attached hydrogen (secondary N) is 1. The first kappa shape index (κ1) is 16.9. The Kier molecular flexibility index (Phi) is 5.02. The molecule has 2 aromatic carbocycles. The van der Waals surface area contributed by atoms with Gasteiger partial charge in [-0.1, -0.05) is 42.5 Å². The first-order valence-corrected chi connectivity index (χ1v) is 9.19. The highest BCUT2D eigenvalue weighted by atomic mass is 16.5. The van der Waals surface area contributed by atoms with Crippen LogP contribution in [0.2, 0.25) is 0 Å². The number of benzene rings is 2. The van der Waals surface area contributed by atoms with E-state index in [0.29, 0.717) is 19.6 Å². The van der Waals surface area contributed by atoms with Crippen molar-refractivity contribution < 1.29 is 14.3 Å². The predicted octanol–water partition coefficient (Wildman–Crippen LogP) is 3.56. The quantitative estimate of drug-likeness (QED) is 0.918. The zero-order valence-electron chi connectivity index (χ0n) is 14.7. The molecule has 2 heterocycles. The lowest BCUT2D eigenvalue weighted by atomic mass is 9.94. The minimum Gasteiger partial charge on any atom is -0.493 e. The standard InChI is InChI=1S/C22H23NO3/c24-22(17-10-13-25-14-11-17)23-21(16-5-2-1-3-6-16)19-8-9-20-18(15-19)7-4-12-26-20/h1-3,5-6,8-10,15,21H,4,7,11-14H2,(H,23,24)/t21-/m1/s1. The Morgan fingerprint density at radius 1 is 1.00 bits per heavy atom. The zero-order chi connectivity index (χ0) is 17.8. The molecule has 134 valence electrons. The summed E-state index contributed by atoms with van der Waals surface area (Å²) in [5.74, 6) is 0.946. The van der Waals surface area contributed by atoms with Crippen LogP contribution < -0.4 is 10.1 Å². The molecule has 0 fully saturated rings. The van der Waals surface area contributed by atoms with Gasteiger partial charge in [-0.3, -0.25) is 4.79 Å². The van der Waals surface area contributed by atoms with Gasteiger partial charge in [0.25, 0.3) is 0 Å². The number of carbonyl (C=O) groups is 1. The lowest BCUT2D eigenvalue weighted by molar-refractivity contribution is -0.118. The average Bonchev–Trinajstić information content (AvgIpc) is 2.73. The molecule has 4 rings (SSSR count). The summed E-state index contributed by atoms with van der Waals surface area (Å²) in [5, 5.41) is 3.22. The Balaban J connectivity index is 1.65. The first-order chi connectivity index (χ1) is 12.8. The van der Waals surface area contributed by atoms with Gasteiger partial charge in [0.1, 0.15) is 5.75 Å². The first-order valence-electron chi connectivity index (χ1n) is 9.19. The van der Waals surface area contributed by atoms with Gasteiger partial charge in [-0.25, -0.2) is 0 Å². The van der Waals surface area contributed by atoms with Crippen LogP contribution >= 0.6 is 0 Å². The van der Waals surface area contributed by atoms with Gasteiger partial charge in [0.05, 0.1) is 25.9 Å². The molecule has 0 aromatic heterocycles. The number of hydrogen-bond acceptors (Lipinski definition) is 3. The van der Waals surface area contributed by atoms with Crippen molar-refractivity contribution in [3.8, 4) is 5.75 Å². The van der Waals surface area contributed by atoms with Crippen LogP contribution in [0.1, 0.15) is 35.6 Å². The molecule has 1 atom stereocenters. The summed E-state index contributed by atoms with van der Waals surface area (Å²) in [6, 6.07) is 16.2. The van der Waals surface area contributed by atoms with Gasteiger partial charge in [-0.15, -0.1) is 0 Å². The normalized spacial score (nSPS) is 17.5. The Bertz CT molecular complexity index is 813. The number of ether oxygens (including phenoxy) is 2. The van der Waals surface area contributed by atoms with Crippen molar-refractivity contribution in [2.24, 2.45) is 0 Å². The van der Waals surface area contributed by atoms with Crippen molar-refractivity contribution in [2.75, 3.05) is 19.8 Å². The summed E-state index contributed by atoms with van der Waals surface area (Å²) in [5.41, 5.74) is 4.18. The number of hydrogen-bond donors (Lipinski definition) is 1. The van der Waals surface area contributed by atoms with Gasteiger partial charge in [0, 0.05) is 12.0 Å².